The van der Waals surface area contributed by atoms with E-state index in [9.17, 15) is 14.4 Å². The molecule has 0 aromatic rings. The van der Waals surface area contributed by atoms with E-state index in [1.807, 2.05) is 41.5 Å². The van der Waals surface area contributed by atoms with Crippen LogP contribution in [0.1, 0.15) is 73.6 Å². The molecule has 6 nitrogen and oxygen atoms in total. The highest BCUT2D eigenvalue weighted by atomic mass is 16.5. The van der Waals surface area contributed by atoms with Gasteiger partial charge in [-0.3, -0.25) is 14.4 Å². The highest BCUT2D eigenvalue weighted by Gasteiger charge is 2.51. The standard InChI is InChI=1S/C19H31NO5.C2H6/c1-5-6-10-24-15(21)11-14-8-7-9-20(14)17(22)16-18(23)25-12-13(2)19(16,3)4;1-2/h13-14,16H,5-12H2,1-4H3;1-2H3. The number of ether oxygens (including phenoxy) is 2. The van der Waals surface area contributed by atoms with Crippen LogP contribution in [0.4, 0.5) is 0 Å². The van der Waals surface area contributed by atoms with Gasteiger partial charge in [0.1, 0.15) is 5.92 Å². The number of hydrogen-bond donors (Lipinski definition) is 0. The minimum absolute atomic E-state index is 0.110. The molecule has 0 bridgehead atoms. The van der Waals surface area contributed by atoms with Crippen molar-refractivity contribution in [2.45, 2.75) is 79.7 Å². The molecule has 2 aliphatic rings. The maximum Gasteiger partial charge on any atom is 0.319 e. The van der Waals surface area contributed by atoms with E-state index in [2.05, 4.69) is 0 Å². The van der Waals surface area contributed by atoms with Crippen molar-refractivity contribution in [3.63, 3.8) is 0 Å². The minimum atomic E-state index is -0.798. The first-order valence-electron chi connectivity index (χ1n) is 10.4. The monoisotopic (exact) mass is 383 g/mol. The molecule has 2 fully saturated rings. The van der Waals surface area contributed by atoms with Gasteiger partial charge < -0.3 is 14.4 Å². The van der Waals surface area contributed by atoms with E-state index in [-0.39, 0.29) is 30.3 Å². The van der Waals surface area contributed by atoms with Crippen molar-refractivity contribution in [1.29, 1.82) is 0 Å². The van der Waals surface area contributed by atoms with Gasteiger partial charge in [0, 0.05) is 12.6 Å². The molecule has 0 N–H and O–H groups in total. The zero-order valence-electron chi connectivity index (χ0n) is 17.9. The summed E-state index contributed by atoms with van der Waals surface area (Å²) in [5.41, 5.74) is -0.457. The smallest absolute Gasteiger partial charge is 0.319 e. The number of esters is 2. The summed E-state index contributed by atoms with van der Waals surface area (Å²) in [6.07, 6.45) is 3.63. The zero-order valence-corrected chi connectivity index (χ0v) is 17.9. The van der Waals surface area contributed by atoms with E-state index < -0.39 is 17.3 Å². The fourth-order valence-electron chi connectivity index (χ4n) is 3.60. The van der Waals surface area contributed by atoms with Gasteiger partial charge in [0.2, 0.25) is 5.91 Å². The summed E-state index contributed by atoms with van der Waals surface area (Å²) in [5, 5.41) is 0. The SMILES string of the molecule is CC.CCCCOC(=O)CC1CCCN1C(=O)C1C(=O)OCC(C)C1(C)C. The lowest BCUT2D eigenvalue weighted by Crippen LogP contribution is -2.54. The average Bonchev–Trinajstić information content (AvgIpc) is 3.08. The van der Waals surface area contributed by atoms with Crippen LogP contribution in [0.3, 0.4) is 0 Å². The summed E-state index contributed by atoms with van der Waals surface area (Å²) in [6.45, 7) is 13.3. The Morgan fingerprint density at radius 1 is 1.30 bits per heavy atom. The molecule has 156 valence electrons. The van der Waals surface area contributed by atoms with Crippen LogP contribution in [0, 0.1) is 17.3 Å². The van der Waals surface area contributed by atoms with Gasteiger partial charge in [0.05, 0.1) is 19.6 Å². The van der Waals surface area contributed by atoms with Gasteiger partial charge in [-0.25, -0.2) is 0 Å². The van der Waals surface area contributed by atoms with E-state index in [4.69, 9.17) is 9.47 Å². The average molecular weight is 384 g/mol. The number of amides is 1. The summed E-state index contributed by atoms with van der Waals surface area (Å²) in [7, 11) is 0. The Labute approximate surface area is 164 Å². The van der Waals surface area contributed by atoms with Crippen LogP contribution in [0.5, 0.6) is 0 Å². The van der Waals surface area contributed by atoms with Crippen LogP contribution < -0.4 is 0 Å². The molecule has 6 heteroatoms. The van der Waals surface area contributed by atoms with Crippen molar-refractivity contribution in [1.82, 2.24) is 4.90 Å². The van der Waals surface area contributed by atoms with Crippen LogP contribution >= 0.6 is 0 Å². The van der Waals surface area contributed by atoms with Crippen LogP contribution in [0.25, 0.3) is 0 Å². The fraction of sp³-hybridized carbons (Fsp3) is 0.857. The maximum absolute atomic E-state index is 13.1. The highest BCUT2D eigenvalue weighted by Crippen LogP contribution is 2.41. The summed E-state index contributed by atoms with van der Waals surface area (Å²) >= 11 is 0. The lowest BCUT2D eigenvalue weighted by atomic mass is 9.68. The third-order valence-electron chi connectivity index (χ3n) is 5.80. The molecule has 2 heterocycles. The highest BCUT2D eigenvalue weighted by molar-refractivity contribution is 5.99. The number of rotatable bonds is 6. The molecule has 3 unspecified atom stereocenters. The fourth-order valence-corrected chi connectivity index (χ4v) is 3.60. The van der Waals surface area contributed by atoms with E-state index >= 15 is 0 Å². The predicted octanol–water partition coefficient (Wildman–Crippen LogP) is 3.57. The Balaban J connectivity index is 0.00000176. The van der Waals surface area contributed by atoms with E-state index in [0.717, 1.165) is 25.7 Å². The molecule has 2 rings (SSSR count). The zero-order chi connectivity index (χ0) is 20.6. The Kier molecular flexibility index (Phi) is 9.27. The van der Waals surface area contributed by atoms with Gasteiger partial charge in [-0.15, -0.1) is 0 Å². The second-order valence-electron chi connectivity index (χ2n) is 7.89. The number of nitrogens with zero attached hydrogens (tertiary/aromatic N) is 1. The Hall–Kier alpha value is -1.59. The first-order valence-corrected chi connectivity index (χ1v) is 10.4. The summed E-state index contributed by atoms with van der Waals surface area (Å²) in [6, 6.07) is -0.178. The van der Waals surface area contributed by atoms with Crippen molar-refractivity contribution < 1.29 is 23.9 Å². The molecule has 0 spiro atoms. The third-order valence-corrected chi connectivity index (χ3v) is 5.80. The van der Waals surface area contributed by atoms with Crippen molar-refractivity contribution in [2.75, 3.05) is 19.8 Å². The third kappa shape index (κ3) is 5.69. The van der Waals surface area contributed by atoms with E-state index in [1.54, 1.807) is 4.90 Å². The first-order chi connectivity index (χ1) is 12.8. The molecule has 0 aliphatic carbocycles. The van der Waals surface area contributed by atoms with Gasteiger partial charge in [0.15, 0.2) is 0 Å². The number of carbonyl (C=O) groups is 3. The first kappa shape index (κ1) is 23.4. The molecule has 0 aromatic carbocycles. The van der Waals surface area contributed by atoms with Crippen LogP contribution in [-0.2, 0) is 23.9 Å². The largest absolute Gasteiger partial charge is 0.466 e. The lowest BCUT2D eigenvalue weighted by Gasteiger charge is -2.43. The maximum atomic E-state index is 13.1. The van der Waals surface area contributed by atoms with Gasteiger partial charge in [-0.1, -0.05) is 48.0 Å². The Morgan fingerprint density at radius 2 is 1.96 bits per heavy atom. The molecule has 27 heavy (non-hydrogen) atoms. The Morgan fingerprint density at radius 3 is 2.59 bits per heavy atom. The second-order valence-corrected chi connectivity index (χ2v) is 7.89. The lowest BCUT2D eigenvalue weighted by molar-refractivity contribution is -0.175. The molecule has 0 saturated carbocycles. The van der Waals surface area contributed by atoms with Crippen molar-refractivity contribution in [3.05, 3.63) is 0 Å². The topological polar surface area (TPSA) is 72.9 Å². The molecule has 2 saturated heterocycles. The van der Waals surface area contributed by atoms with Crippen LogP contribution in [0.15, 0.2) is 0 Å². The second kappa shape index (κ2) is 10.7. The van der Waals surface area contributed by atoms with Gasteiger partial charge in [-0.2, -0.15) is 0 Å². The molecule has 1 amide bonds. The Bertz CT molecular complexity index is 517. The number of hydrogen-bond acceptors (Lipinski definition) is 5. The number of likely N-dealkylation sites (tertiary alicyclic amines) is 1. The van der Waals surface area contributed by atoms with Crippen LogP contribution in [-0.4, -0.2) is 48.5 Å². The number of carbonyl (C=O) groups excluding carboxylic acids is 3. The minimum Gasteiger partial charge on any atom is -0.466 e. The van der Waals surface area contributed by atoms with E-state index in [0.29, 0.717) is 19.8 Å². The van der Waals surface area contributed by atoms with Gasteiger partial charge in [0.25, 0.3) is 0 Å². The van der Waals surface area contributed by atoms with Crippen molar-refractivity contribution in [2.24, 2.45) is 17.3 Å². The summed E-state index contributed by atoms with van der Waals surface area (Å²) < 4.78 is 10.5. The molecular formula is C21H37NO5. The van der Waals surface area contributed by atoms with E-state index in [1.165, 1.54) is 0 Å². The van der Waals surface area contributed by atoms with Crippen LogP contribution in [0.2, 0.25) is 0 Å². The molecule has 0 aromatic heterocycles. The van der Waals surface area contributed by atoms with Crippen molar-refractivity contribution in [3.8, 4) is 0 Å². The summed E-state index contributed by atoms with van der Waals surface area (Å²) in [5.74, 6) is -1.60. The molecular weight excluding hydrogens is 346 g/mol. The normalized spacial score (nSPS) is 26.7. The number of cyclic esters (lactones) is 1. The summed E-state index contributed by atoms with van der Waals surface area (Å²) in [4.78, 5) is 39.1. The molecule has 2 aliphatic heterocycles. The molecule has 3 atom stereocenters. The number of unbranched alkanes of at least 4 members (excludes halogenated alkanes) is 1. The molecule has 0 radical (unpaired) electrons. The van der Waals surface area contributed by atoms with Gasteiger partial charge in [-0.05, 0) is 30.6 Å². The predicted molar refractivity (Wildman–Crippen MR) is 104 cm³/mol. The van der Waals surface area contributed by atoms with Gasteiger partial charge >= 0.3 is 11.9 Å². The quantitative estimate of drug-likeness (QED) is 0.398. The van der Waals surface area contributed by atoms with Crippen molar-refractivity contribution >= 4 is 17.8 Å².